The lowest BCUT2D eigenvalue weighted by atomic mass is 10.3. The van der Waals surface area contributed by atoms with E-state index in [9.17, 15) is 4.39 Å². The van der Waals surface area contributed by atoms with Crippen LogP contribution in [0.1, 0.15) is 6.92 Å². The summed E-state index contributed by atoms with van der Waals surface area (Å²) in [6.45, 7) is 1.79. The van der Waals surface area contributed by atoms with Gasteiger partial charge in [0.2, 0.25) is 0 Å². The molecule has 0 aliphatic rings. The Labute approximate surface area is 70.6 Å². The predicted octanol–water partition coefficient (Wildman–Crippen LogP) is 1.59. The van der Waals surface area contributed by atoms with Crippen molar-refractivity contribution < 1.29 is 14.2 Å². The summed E-state index contributed by atoms with van der Waals surface area (Å²) in [4.78, 5) is 0. The van der Waals surface area contributed by atoms with Crippen molar-refractivity contribution in [3.63, 3.8) is 0 Å². The van der Waals surface area contributed by atoms with E-state index in [-0.39, 0.29) is 12.4 Å². The van der Waals surface area contributed by atoms with Crippen molar-refractivity contribution in [1.82, 2.24) is 0 Å². The van der Waals surface area contributed by atoms with Crippen molar-refractivity contribution in [1.29, 1.82) is 0 Å². The molecule has 2 nitrogen and oxygen atoms in total. The highest BCUT2D eigenvalue weighted by Crippen LogP contribution is 2.11. The zero-order chi connectivity index (χ0) is 8.97. The van der Waals surface area contributed by atoms with Crippen LogP contribution in [0, 0.1) is 5.82 Å². The van der Waals surface area contributed by atoms with Crippen LogP contribution >= 0.6 is 0 Å². The van der Waals surface area contributed by atoms with Gasteiger partial charge in [0.15, 0.2) is 0 Å². The first-order valence-electron chi connectivity index (χ1n) is 3.75. The topological polar surface area (TPSA) is 29.5 Å². The van der Waals surface area contributed by atoms with E-state index in [4.69, 9.17) is 9.84 Å². The third kappa shape index (κ3) is 2.88. The molecule has 0 fully saturated rings. The molecule has 0 saturated heterocycles. The van der Waals surface area contributed by atoms with Gasteiger partial charge in [0.1, 0.15) is 18.2 Å². The first-order valence-corrected chi connectivity index (χ1v) is 3.75. The fourth-order valence-corrected chi connectivity index (χ4v) is 0.774. The Hall–Kier alpha value is -1.09. The molecule has 1 rings (SSSR count). The number of hydrogen-bond acceptors (Lipinski definition) is 2. The maximum atomic E-state index is 12.5. The number of aliphatic hydroxyl groups is 1. The minimum Gasteiger partial charge on any atom is -0.491 e. The van der Waals surface area contributed by atoms with E-state index in [1.54, 1.807) is 19.1 Å². The van der Waals surface area contributed by atoms with E-state index in [0.717, 1.165) is 0 Å². The summed E-state index contributed by atoms with van der Waals surface area (Å²) >= 11 is 0. The molecular weight excluding hydrogens is 159 g/mol. The average molecular weight is 170 g/mol. The Morgan fingerprint density at radius 1 is 1.58 bits per heavy atom. The van der Waals surface area contributed by atoms with E-state index in [0.29, 0.717) is 5.75 Å². The number of benzene rings is 1. The third-order valence-corrected chi connectivity index (χ3v) is 1.29. The van der Waals surface area contributed by atoms with E-state index in [1.165, 1.54) is 12.1 Å². The van der Waals surface area contributed by atoms with Gasteiger partial charge in [-0.25, -0.2) is 4.39 Å². The number of aliphatic hydroxyl groups excluding tert-OH is 1. The largest absolute Gasteiger partial charge is 0.491 e. The van der Waals surface area contributed by atoms with Gasteiger partial charge in [0.05, 0.1) is 6.10 Å². The van der Waals surface area contributed by atoms with Crippen LogP contribution in [-0.2, 0) is 0 Å². The number of hydrogen-bond donors (Lipinski definition) is 1. The smallest absolute Gasteiger partial charge is 0.126 e. The molecule has 0 heterocycles. The van der Waals surface area contributed by atoms with Crippen LogP contribution in [0.4, 0.5) is 4.39 Å². The van der Waals surface area contributed by atoms with Gasteiger partial charge in [-0.15, -0.1) is 0 Å². The highest BCUT2D eigenvalue weighted by Gasteiger charge is 1.98. The van der Waals surface area contributed by atoms with Crippen molar-refractivity contribution in [2.45, 2.75) is 13.0 Å². The molecule has 0 radical (unpaired) electrons. The van der Waals surface area contributed by atoms with Crippen LogP contribution in [0.25, 0.3) is 0 Å². The second kappa shape index (κ2) is 4.07. The van der Waals surface area contributed by atoms with Crippen molar-refractivity contribution >= 4 is 0 Å². The summed E-state index contributed by atoms with van der Waals surface area (Å²) in [7, 11) is 0. The van der Waals surface area contributed by atoms with Gasteiger partial charge >= 0.3 is 0 Å². The van der Waals surface area contributed by atoms with E-state index < -0.39 is 6.10 Å². The fourth-order valence-electron chi connectivity index (χ4n) is 0.774. The fraction of sp³-hybridized carbons (Fsp3) is 0.333. The van der Waals surface area contributed by atoms with Crippen molar-refractivity contribution in [2.75, 3.05) is 6.61 Å². The summed E-state index contributed by atoms with van der Waals surface area (Å²) in [5, 5.41) is 8.86. The Bertz CT molecular complexity index is 248. The second-order valence-corrected chi connectivity index (χ2v) is 2.62. The van der Waals surface area contributed by atoms with Crippen LogP contribution in [0.3, 0.4) is 0 Å². The maximum absolute atomic E-state index is 12.5. The van der Waals surface area contributed by atoms with Gasteiger partial charge in [-0.3, -0.25) is 0 Å². The molecule has 1 N–H and O–H groups in total. The third-order valence-electron chi connectivity index (χ3n) is 1.29. The van der Waals surface area contributed by atoms with Crippen LogP contribution in [0.2, 0.25) is 0 Å². The monoisotopic (exact) mass is 170 g/mol. The van der Waals surface area contributed by atoms with E-state index >= 15 is 0 Å². The predicted molar refractivity (Wildman–Crippen MR) is 43.6 cm³/mol. The zero-order valence-electron chi connectivity index (χ0n) is 6.83. The standard InChI is InChI=1S/C9H11FO2/c1-7(11)6-12-9-4-2-3-8(10)5-9/h2-5,7,11H,6H2,1H3. The first-order chi connectivity index (χ1) is 5.68. The van der Waals surface area contributed by atoms with E-state index in [1.807, 2.05) is 0 Å². The molecule has 0 spiro atoms. The molecule has 66 valence electrons. The van der Waals surface area contributed by atoms with Gasteiger partial charge in [-0.2, -0.15) is 0 Å². The van der Waals surface area contributed by atoms with Gasteiger partial charge in [-0.05, 0) is 19.1 Å². The lowest BCUT2D eigenvalue weighted by molar-refractivity contribution is 0.122. The minimum atomic E-state index is -0.534. The highest BCUT2D eigenvalue weighted by molar-refractivity contribution is 5.22. The minimum absolute atomic E-state index is 0.184. The molecule has 1 aromatic rings. The molecule has 1 atom stereocenters. The number of ether oxygens (including phenoxy) is 1. The molecule has 1 unspecified atom stereocenters. The summed E-state index contributed by atoms with van der Waals surface area (Å²) in [5.74, 6) is 0.106. The molecule has 0 saturated carbocycles. The molecular formula is C9H11FO2. The van der Waals surface area contributed by atoms with Gasteiger partial charge in [-0.1, -0.05) is 6.07 Å². The Morgan fingerprint density at radius 3 is 2.92 bits per heavy atom. The van der Waals surface area contributed by atoms with Gasteiger partial charge in [0, 0.05) is 6.07 Å². The molecule has 0 aliphatic carbocycles. The summed E-state index contributed by atoms with van der Waals surface area (Å²) in [6.07, 6.45) is -0.534. The lowest BCUT2D eigenvalue weighted by Crippen LogP contribution is -2.12. The van der Waals surface area contributed by atoms with Crippen molar-refractivity contribution in [2.24, 2.45) is 0 Å². The lowest BCUT2D eigenvalue weighted by Gasteiger charge is -2.07. The summed E-state index contributed by atoms with van der Waals surface area (Å²) in [5.41, 5.74) is 0. The van der Waals surface area contributed by atoms with Gasteiger partial charge in [0.25, 0.3) is 0 Å². The Kier molecular flexibility index (Phi) is 3.05. The second-order valence-electron chi connectivity index (χ2n) is 2.62. The Balaban J connectivity index is 2.52. The van der Waals surface area contributed by atoms with Crippen LogP contribution in [0.5, 0.6) is 5.75 Å². The van der Waals surface area contributed by atoms with Crippen LogP contribution in [-0.4, -0.2) is 17.8 Å². The van der Waals surface area contributed by atoms with Crippen molar-refractivity contribution in [3.8, 4) is 5.75 Å². The van der Waals surface area contributed by atoms with Crippen LogP contribution in [0.15, 0.2) is 24.3 Å². The average Bonchev–Trinajstić information content (AvgIpc) is 2.01. The highest BCUT2D eigenvalue weighted by atomic mass is 19.1. The first kappa shape index (κ1) is 9.00. The quantitative estimate of drug-likeness (QED) is 0.746. The van der Waals surface area contributed by atoms with Gasteiger partial charge < -0.3 is 9.84 Å². The molecule has 0 aliphatic heterocycles. The van der Waals surface area contributed by atoms with Crippen molar-refractivity contribution in [3.05, 3.63) is 30.1 Å². The number of halogens is 1. The molecule has 3 heteroatoms. The molecule has 0 amide bonds. The molecule has 12 heavy (non-hydrogen) atoms. The maximum Gasteiger partial charge on any atom is 0.126 e. The van der Waals surface area contributed by atoms with Crippen LogP contribution < -0.4 is 4.74 Å². The molecule has 1 aromatic carbocycles. The summed E-state index contributed by atoms with van der Waals surface area (Å²) in [6, 6.07) is 5.83. The zero-order valence-corrected chi connectivity index (χ0v) is 6.83. The normalized spacial score (nSPS) is 12.6. The molecule has 0 aromatic heterocycles. The van der Waals surface area contributed by atoms with E-state index in [2.05, 4.69) is 0 Å². The number of rotatable bonds is 3. The summed E-state index contributed by atoms with van der Waals surface area (Å²) < 4.78 is 17.6. The SMILES string of the molecule is CC(O)COc1cccc(F)c1. The molecule has 0 bridgehead atoms. The Morgan fingerprint density at radius 2 is 2.33 bits per heavy atom.